The molecule has 0 saturated carbocycles. The van der Waals surface area contributed by atoms with Crippen molar-refractivity contribution in [2.75, 3.05) is 7.11 Å². The lowest BCUT2D eigenvalue weighted by Crippen LogP contribution is -1.97. The van der Waals surface area contributed by atoms with Crippen molar-refractivity contribution in [3.63, 3.8) is 0 Å². The van der Waals surface area contributed by atoms with E-state index in [0.29, 0.717) is 34.7 Å². The van der Waals surface area contributed by atoms with Gasteiger partial charge in [0.15, 0.2) is 17.8 Å². The Morgan fingerprint density at radius 2 is 2.00 bits per heavy atom. The van der Waals surface area contributed by atoms with E-state index in [1.165, 1.54) is 0 Å². The summed E-state index contributed by atoms with van der Waals surface area (Å²) in [6.45, 7) is 0.428. The number of carbonyl (C=O) groups is 1. The smallest absolute Gasteiger partial charge is 0.168 e. The molecule has 1 aromatic heterocycles. The van der Waals surface area contributed by atoms with Crippen LogP contribution in [-0.2, 0) is 6.61 Å². The minimum absolute atomic E-state index is 0.428. The normalized spacial score (nSPS) is 10.5. The van der Waals surface area contributed by atoms with Gasteiger partial charge in [-0.25, -0.2) is 0 Å². The molecule has 3 aromatic rings. The lowest BCUT2D eigenvalue weighted by molar-refractivity contribution is 0.112. The molecule has 1 N–H and O–H groups in total. The molecule has 5 heteroatoms. The first-order valence-corrected chi connectivity index (χ1v) is 6.50. The van der Waals surface area contributed by atoms with Crippen LogP contribution in [0.25, 0.3) is 10.9 Å². The Bertz CT molecular complexity index is 766. The van der Waals surface area contributed by atoms with E-state index in [9.17, 15) is 4.79 Å². The average molecular weight is 282 g/mol. The maximum Gasteiger partial charge on any atom is 0.168 e. The predicted molar refractivity (Wildman–Crippen MR) is 78.8 cm³/mol. The lowest BCUT2D eigenvalue weighted by atomic mass is 10.2. The first kappa shape index (κ1) is 13.2. The van der Waals surface area contributed by atoms with Gasteiger partial charge >= 0.3 is 0 Å². The van der Waals surface area contributed by atoms with E-state index in [1.54, 1.807) is 19.2 Å². The van der Waals surface area contributed by atoms with E-state index in [0.717, 1.165) is 11.8 Å². The molecule has 0 spiro atoms. The summed E-state index contributed by atoms with van der Waals surface area (Å²) in [6.07, 6.45) is 0.739. The molecular formula is C16H14N2O3. The van der Waals surface area contributed by atoms with Gasteiger partial charge in [-0.15, -0.1) is 0 Å². The SMILES string of the molecule is COc1cc2n[nH]c(C=O)c2cc1OCc1ccccc1. The maximum atomic E-state index is 11.0. The number of nitrogens with zero attached hydrogens (tertiary/aromatic N) is 1. The summed E-state index contributed by atoms with van der Waals surface area (Å²) in [4.78, 5) is 11.0. The van der Waals surface area contributed by atoms with Gasteiger partial charge in [0.2, 0.25) is 0 Å². The molecule has 0 atom stereocenters. The maximum absolute atomic E-state index is 11.0. The fourth-order valence-electron chi connectivity index (χ4n) is 2.14. The molecule has 106 valence electrons. The molecule has 3 rings (SSSR count). The summed E-state index contributed by atoms with van der Waals surface area (Å²) < 4.78 is 11.1. The van der Waals surface area contributed by atoms with Crippen LogP contribution in [0.3, 0.4) is 0 Å². The number of aromatic nitrogens is 2. The van der Waals surface area contributed by atoms with Crippen LogP contribution in [0.15, 0.2) is 42.5 Å². The van der Waals surface area contributed by atoms with Crippen molar-refractivity contribution in [2.45, 2.75) is 6.61 Å². The molecule has 0 saturated heterocycles. The Labute approximate surface area is 121 Å². The van der Waals surface area contributed by atoms with Gasteiger partial charge in [0.1, 0.15) is 12.3 Å². The molecule has 0 bridgehead atoms. The van der Waals surface area contributed by atoms with Gasteiger partial charge in [-0.05, 0) is 11.6 Å². The predicted octanol–water partition coefficient (Wildman–Crippen LogP) is 2.96. The summed E-state index contributed by atoms with van der Waals surface area (Å²) in [5.74, 6) is 1.17. The van der Waals surface area contributed by atoms with Crippen LogP contribution in [0, 0.1) is 0 Å². The second-order valence-corrected chi connectivity index (χ2v) is 4.55. The van der Waals surface area contributed by atoms with Gasteiger partial charge in [-0.1, -0.05) is 30.3 Å². The molecule has 0 aliphatic rings. The van der Waals surface area contributed by atoms with Crippen LogP contribution in [0.4, 0.5) is 0 Å². The fraction of sp³-hybridized carbons (Fsp3) is 0.125. The third-order valence-electron chi connectivity index (χ3n) is 3.22. The van der Waals surface area contributed by atoms with Gasteiger partial charge < -0.3 is 9.47 Å². The Hall–Kier alpha value is -2.82. The number of nitrogens with one attached hydrogen (secondary N) is 1. The number of ether oxygens (including phenoxy) is 2. The van der Waals surface area contributed by atoms with Crippen molar-refractivity contribution in [1.82, 2.24) is 10.2 Å². The van der Waals surface area contributed by atoms with Crippen LogP contribution in [-0.4, -0.2) is 23.6 Å². The number of hydrogen-bond donors (Lipinski definition) is 1. The van der Waals surface area contributed by atoms with Crippen LogP contribution in [0.2, 0.25) is 0 Å². The number of rotatable bonds is 5. The van der Waals surface area contributed by atoms with Crippen molar-refractivity contribution >= 4 is 17.2 Å². The van der Waals surface area contributed by atoms with Crippen molar-refractivity contribution in [1.29, 1.82) is 0 Å². The zero-order valence-corrected chi connectivity index (χ0v) is 11.5. The molecule has 1 heterocycles. The van der Waals surface area contributed by atoms with E-state index < -0.39 is 0 Å². The highest BCUT2D eigenvalue weighted by Crippen LogP contribution is 2.33. The Kier molecular flexibility index (Phi) is 3.55. The zero-order valence-electron chi connectivity index (χ0n) is 11.5. The van der Waals surface area contributed by atoms with Crippen LogP contribution in [0.5, 0.6) is 11.5 Å². The zero-order chi connectivity index (χ0) is 14.7. The molecular weight excluding hydrogens is 268 g/mol. The number of benzene rings is 2. The first-order chi connectivity index (χ1) is 10.3. The van der Waals surface area contributed by atoms with Crippen molar-refractivity contribution in [2.24, 2.45) is 0 Å². The number of aromatic amines is 1. The molecule has 0 unspecified atom stereocenters. The van der Waals surface area contributed by atoms with Gasteiger partial charge in [0, 0.05) is 11.5 Å². The van der Waals surface area contributed by atoms with E-state index in [2.05, 4.69) is 10.2 Å². The highest BCUT2D eigenvalue weighted by molar-refractivity contribution is 5.96. The van der Waals surface area contributed by atoms with E-state index in [1.807, 2.05) is 30.3 Å². The largest absolute Gasteiger partial charge is 0.493 e. The van der Waals surface area contributed by atoms with Crippen LogP contribution in [0.1, 0.15) is 16.1 Å². The molecule has 5 nitrogen and oxygen atoms in total. The lowest BCUT2D eigenvalue weighted by Gasteiger charge is -2.11. The van der Waals surface area contributed by atoms with E-state index in [-0.39, 0.29) is 0 Å². The molecule has 0 radical (unpaired) electrons. The molecule has 0 amide bonds. The minimum atomic E-state index is 0.428. The number of hydrogen-bond acceptors (Lipinski definition) is 4. The quantitative estimate of drug-likeness (QED) is 0.731. The number of fused-ring (bicyclic) bond motifs is 1. The fourth-order valence-corrected chi connectivity index (χ4v) is 2.14. The highest BCUT2D eigenvalue weighted by atomic mass is 16.5. The number of methoxy groups -OCH3 is 1. The van der Waals surface area contributed by atoms with Gasteiger partial charge in [-0.2, -0.15) is 5.10 Å². The summed E-state index contributed by atoms with van der Waals surface area (Å²) >= 11 is 0. The molecule has 21 heavy (non-hydrogen) atoms. The monoisotopic (exact) mass is 282 g/mol. The van der Waals surface area contributed by atoms with Crippen molar-refractivity contribution < 1.29 is 14.3 Å². The average Bonchev–Trinajstić information content (AvgIpc) is 2.94. The van der Waals surface area contributed by atoms with Gasteiger partial charge in [0.05, 0.1) is 12.6 Å². The molecule has 0 aliphatic carbocycles. The van der Waals surface area contributed by atoms with Crippen molar-refractivity contribution in [3.05, 3.63) is 53.7 Å². The first-order valence-electron chi connectivity index (χ1n) is 6.50. The Balaban J connectivity index is 1.94. The summed E-state index contributed by atoms with van der Waals surface area (Å²) in [7, 11) is 1.57. The standard InChI is InChI=1S/C16H14N2O3/c1-20-15-8-13-12(14(9-19)18-17-13)7-16(15)21-10-11-5-3-2-4-6-11/h2-9H,10H2,1H3,(H,17,18). The number of aldehydes is 1. The summed E-state index contributed by atoms with van der Waals surface area (Å²) in [5.41, 5.74) is 2.15. The van der Waals surface area contributed by atoms with E-state index >= 15 is 0 Å². The second-order valence-electron chi connectivity index (χ2n) is 4.55. The highest BCUT2D eigenvalue weighted by Gasteiger charge is 2.12. The minimum Gasteiger partial charge on any atom is -0.493 e. The third-order valence-corrected chi connectivity index (χ3v) is 3.22. The Morgan fingerprint density at radius 1 is 1.19 bits per heavy atom. The number of carbonyl (C=O) groups excluding carboxylic acids is 1. The van der Waals surface area contributed by atoms with E-state index in [4.69, 9.17) is 9.47 Å². The number of H-pyrrole nitrogens is 1. The summed E-state index contributed by atoms with van der Waals surface area (Å²) in [6, 6.07) is 13.4. The van der Waals surface area contributed by atoms with Crippen LogP contribution < -0.4 is 9.47 Å². The molecule has 0 aliphatic heterocycles. The van der Waals surface area contributed by atoms with Crippen molar-refractivity contribution in [3.8, 4) is 11.5 Å². The summed E-state index contributed by atoms with van der Waals surface area (Å²) in [5, 5.41) is 7.47. The Morgan fingerprint density at radius 3 is 2.71 bits per heavy atom. The van der Waals surface area contributed by atoms with Gasteiger partial charge in [-0.3, -0.25) is 9.89 Å². The third kappa shape index (κ3) is 2.58. The van der Waals surface area contributed by atoms with Crippen LogP contribution >= 0.6 is 0 Å². The molecule has 0 fully saturated rings. The second kappa shape index (κ2) is 5.66. The topological polar surface area (TPSA) is 64.2 Å². The molecule has 2 aromatic carbocycles. The van der Waals surface area contributed by atoms with Gasteiger partial charge in [0.25, 0.3) is 0 Å².